The summed E-state index contributed by atoms with van der Waals surface area (Å²) in [5, 5.41) is 2.79. The summed E-state index contributed by atoms with van der Waals surface area (Å²) < 4.78 is 0. The molecule has 18 heavy (non-hydrogen) atoms. The molecule has 3 heteroatoms. The molecule has 2 aromatic rings. The number of hydrogen-bond acceptors (Lipinski definition) is 2. The summed E-state index contributed by atoms with van der Waals surface area (Å²) in [6, 6.07) is 13.9. The number of nitrogens with one attached hydrogen (secondary N) is 1. The molecule has 0 saturated heterocycles. The van der Waals surface area contributed by atoms with Gasteiger partial charge >= 0.3 is 0 Å². The number of amides is 1. The smallest absolute Gasteiger partial charge is 0.221 e. The third-order valence-electron chi connectivity index (χ3n) is 3.29. The summed E-state index contributed by atoms with van der Waals surface area (Å²) in [6.07, 6.45) is 0. The first kappa shape index (κ1) is 11.0. The van der Waals surface area contributed by atoms with Crippen LogP contribution < -0.4 is 11.1 Å². The van der Waals surface area contributed by atoms with Crippen molar-refractivity contribution >= 4 is 11.6 Å². The Morgan fingerprint density at radius 3 is 2.61 bits per heavy atom. The van der Waals surface area contributed by atoms with E-state index in [1.165, 1.54) is 12.5 Å². The normalized spacial score (nSPS) is 16.0. The largest absolute Gasteiger partial charge is 0.326 e. The van der Waals surface area contributed by atoms with Gasteiger partial charge in [-0.1, -0.05) is 30.3 Å². The quantitative estimate of drug-likeness (QED) is 0.802. The molecule has 2 aromatic carbocycles. The summed E-state index contributed by atoms with van der Waals surface area (Å²) in [5.74, 6) is -0.0703. The van der Waals surface area contributed by atoms with E-state index in [4.69, 9.17) is 5.73 Å². The van der Waals surface area contributed by atoms with E-state index in [1.54, 1.807) is 0 Å². The Morgan fingerprint density at radius 2 is 1.83 bits per heavy atom. The first-order valence-corrected chi connectivity index (χ1v) is 5.93. The average Bonchev–Trinajstić information content (AvgIpc) is 2.63. The Bertz CT molecular complexity index is 634. The van der Waals surface area contributed by atoms with Crippen LogP contribution >= 0.6 is 0 Å². The Hall–Kier alpha value is -2.13. The number of nitrogens with two attached hydrogens (primary N) is 1. The fourth-order valence-electron chi connectivity index (χ4n) is 2.53. The molecular formula is C15H14N2O. The van der Waals surface area contributed by atoms with E-state index < -0.39 is 0 Å². The molecule has 3 rings (SSSR count). The molecule has 0 saturated carbocycles. The number of rotatable bonds is 1. The fourth-order valence-corrected chi connectivity index (χ4v) is 2.53. The SMILES string of the molecule is CC(=O)Nc1ccc2c(c1)C(N)c1ccccc1-2. The summed E-state index contributed by atoms with van der Waals surface area (Å²) >= 11 is 0. The maximum atomic E-state index is 11.1. The Labute approximate surface area is 106 Å². The first-order valence-electron chi connectivity index (χ1n) is 5.93. The van der Waals surface area contributed by atoms with E-state index in [9.17, 15) is 4.79 Å². The predicted molar refractivity (Wildman–Crippen MR) is 72.2 cm³/mol. The molecule has 3 N–H and O–H groups in total. The van der Waals surface area contributed by atoms with Gasteiger partial charge in [0, 0.05) is 12.6 Å². The lowest BCUT2D eigenvalue weighted by Gasteiger charge is -2.08. The van der Waals surface area contributed by atoms with Gasteiger partial charge in [-0.25, -0.2) is 0 Å². The van der Waals surface area contributed by atoms with Crippen LogP contribution in [0.2, 0.25) is 0 Å². The molecule has 0 fully saturated rings. The molecule has 1 amide bonds. The van der Waals surface area contributed by atoms with E-state index in [1.807, 2.05) is 30.3 Å². The molecule has 0 heterocycles. The molecule has 3 nitrogen and oxygen atoms in total. The second-order valence-electron chi connectivity index (χ2n) is 4.55. The second-order valence-corrected chi connectivity index (χ2v) is 4.55. The van der Waals surface area contributed by atoms with Crippen molar-refractivity contribution in [2.24, 2.45) is 5.73 Å². The van der Waals surface area contributed by atoms with Gasteiger partial charge in [0.2, 0.25) is 5.91 Å². The summed E-state index contributed by atoms with van der Waals surface area (Å²) in [4.78, 5) is 11.1. The van der Waals surface area contributed by atoms with Crippen LogP contribution in [0.3, 0.4) is 0 Å². The van der Waals surface area contributed by atoms with Crippen LogP contribution in [0, 0.1) is 0 Å². The number of hydrogen-bond donors (Lipinski definition) is 2. The molecule has 1 unspecified atom stereocenters. The van der Waals surface area contributed by atoms with Crippen molar-refractivity contribution in [2.45, 2.75) is 13.0 Å². The molecule has 90 valence electrons. The van der Waals surface area contributed by atoms with Crippen LogP contribution in [0.1, 0.15) is 24.1 Å². The highest BCUT2D eigenvalue weighted by Crippen LogP contribution is 2.42. The summed E-state index contributed by atoms with van der Waals surface area (Å²) in [5.41, 5.74) is 11.6. The third kappa shape index (κ3) is 1.60. The molecular weight excluding hydrogens is 224 g/mol. The van der Waals surface area contributed by atoms with Gasteiger partial charge < -0.3 is 11.1 Å². The molecule has 1 aliphatic rings. The van der Waals surface area contributed by atoms with E-state index >= 15 is 0 Å². The lowest BCUT2D eigenvalue weighted by Crippen LogP contribution is -2.10. The fraction of sp³-hybridized carbons (Fsp3) is 0.133. The maximum absolute atomic E-state index is 11.1. The minimum absolute atomic E-state index is 0.0703. The van der Waals surface area contributed by atoms with Gasteiger partial charge in [0.15, 0.2) is 0 Å². The monoisotopic (exact) mass is 238 g/mol. The highest BCUT2D eigenvalue weighted by atomic mass is 16.1. The van der Waals surface area contributed by atoms with Crippen molar-refractivity contribution in [3.8, 4) is 11.1 Å². The van der Waals surface area contributed by atoms with Crippen LogP contribution in [-0.4, -0.2) is 5.91 Å². The Morgan fingerprint density at radius 1 is 1.11 bits per heavy atom. The van der Waals surface area contributed by atoms with Gasteiger partial charge in [-0.15, -0.1) is 0 Å². The lowest BCUT2D eigenvalue weighted by molar-refractivity contribution is -0.114. The van der Waals surface area contributed by atoms with Crippen molar-refractivity contribution < 1.29 is 4.79 Å². The Balaban J connectivity index is 2.10. The van der Waals surface area contributed by atoms with Gasteiger partial charge in [0.05, 0.1) is 6.04 Å². The number of benzene rings is 2. The molecule has 0 spiro atoms. The topological polar surface area (TPSA) is 55.1 Å². The third-order valence-corrected chi connectivity index (χ3v) is 3.29. The molecule has 0 radical (unpaired) electrons. The number of anilines is 1. The zero-order chi connectivity index (χ0) is 12.7. The highest BCUT2D eigenvalue weighted by Gasteiger charge is 2.25. The average molecular weight is 238 g/mol. The molecule has 0 aliphatic heterocycles. The maximum Gasteiger partial charge on any atom is 0.221 e. The van der Waals surface area contributed by atoms with E-state index in [-0.39, 0.29) is 11.9 Å². The molecule has 1 atom stereocenters. The Kier molecular flexibility index (Phi) is 2.42. The van der Waals surface area contributed by atoms with Crippen molar-refractivity contribution in [1.82, 2.24) is 0 Å². The van der Waals surface area contributed by atoms with Crippen molar-refractivity contribution in [3.05, 3.63) is 53.6 Å². The standard InChI is InChI=1S/C15H14N2O/c1-9(18)17-10-6-7-12-11-4-2-3-5-13(11)15(16)14(12)8-10/h2-8,15H,16H2,1H3,(H,17,18). The van der Waals surface area contributed by atoms with Crippen LogP contribution in [0.25, 0.3) is 11.1 Å². The minimum Gasteiger partial charge on any atom is -0.326 e. The lowest BCUT2D eigenvalue weighted by atomic mass is 10.1. The zero-order valence-corrected chi connectivity index (χ0v) is 10.1. The van der Waals surface area contributed by atoms with Crippen LogP contribution in [0.15, 0.2) is 42.5 Å². The zero-order valence-electron chi connectivity index (χ0n) is 10.1. The predicted octanol–water partition coefficient (Wildman–Crippen LogP) is 2.67. The van der Waals surface area contributed by atoms with E-state index in [0.29, 0.717) is 0 Å². The van der Waals surface area contributed by atoms with Gasteiger partial charge in [-0.05, 0) is 34.4 Å². The number of fused-ring (bicyclic) bond motifs is 3. The van der Waals surface area contributed by atoms with Crippen molar-refractivity contribution in [1.29, 1.82) is 0 Å². The van der Waals surface area contributed by atoms with Crippen molar-refractivity contribution in [3.63, 3.8) is 0 Å². The summed E-state index contributed by atoms with van der Waals surface area (Å²) in [7, 11) is 0. The van der Waals surface area contributed by atoms with Crippen LogP contribution in [0.4, 0.5) is 5.69 Å². The molecule has 1 aliphatic carbocycles. The van der Waals surface area contributed by atoms with Crippen molar-refractivity contribution in [2.75, 3.05) is 5.32 Å². The number of carbonyl (C=O) groups is 1. The highest BCUT2D eigenvalue weighted by molar-refractivity contribution is 5.90. The van der Waals surface area contributed by atoms with Gasteiger partial charge in [0.25, 0.3) is 0 Å². The molecule has 0 bridgehead atoms. The van der Waals surface area contributed by atoms with Crippen LogP contribution in [0.5, 0.6) is 0 Å². The first-order chi connectivity index (χ1) is 8.66. The minimum atomic E-state index is -0.107. The second kappa shape index (κ2) is 3.96. The van der Waals surface area contributed by atoms with Crippen LogP contribution in [-0.2, 0) is 4.79 Å². The van der Waals surface area contributed by atoms with Gasteiger partial charge in [-0.3, -0.25) is 4.79 Å². The van der Waals surface area contributed by atoms with E-state index in [2.05, 4.69) is 17.4 Å². The number of carbonyl (C=O) groups excluding carboxylic acids is 1. The van der Waals surface area contributed by atoms with E-state index in [0.717, 1.165) is 22.4 Å². The summed E-state index contributed by atoms with van der Waals surface area (Å²) in [6.45, 7) is 1.50. The molecule has 0 aromatic heterocycles. The van der Waals surface area contributed by atoms with Gasteiger partial charge in [0.1, 0.15) is 0 Å². The van der Waals surface area contributed by atoms with Gasteiger partial charge in [-0.2, -0.15) is 0 Å².